The van der Waals surface area contributed by atoms with E-state index in [9.17, 15) is 18.0 Å². The van der Waals surface area contributed by atoms with Crippen molar-refractivity contribution in [2.75, 3.05) is 13.1 Å². The number of amides is 1. The maximum absolute atomic E-state index is 12.9. The first-order valence-electron chi connectivity index (χ1n) is 8.41. The molecule has 1 aromatic rings. The molecule has 0 aromatic carbocycles. The van der Waals surface area contributed by atoms with E-state index < -0.39 is 23.6 Å². The molecule has 1 amide bonds. The molecule has 1 saturated heterocycles. The van der Waals surface area contributed by atoms with Gasteiger partial charge in [-0.1, -0.05) is 6.07 Å². The van der Waals surface area contributed by atoms with Crippen molar-refractivity contribution in [3.8, 4) is 5.88 Å². The summed E-state index contributed by atoms with van der Waals surface area (Å²) in [6.07, 6.45) is -4.35. The van der Waals surface area contributed by atoms with E-state index in [1.54, 1.807) is 25.7 Å². The minimum absolute atomic E-state index is 0.0250. The lowest BCUT2D eigenvalue weighted by atomic mass is 10.1. The van der Waals surface area contributed by atoms with Crippen LogP contribution in [0, 0.1) is 0 Å². The van der Waals surface area contributed by atoms with Gasteiger partial charge in [-0.05, 0) is 26.8 Å². The number of carbonyl (C=O) groups excluding carboxylic acids is 1. The number of nitrogens with zero attached hydrogens (tertiary/aromatic N) is 2. The second-order valence-electron chi connectivity index (χ2n) is 7.15. The van der Waals surface area contributed by atoms with Crippen LogP contribution in [0.25, 0.3) is 0 Å². The van der Waals surface area contributed by atoms with Gasteiger partial charge in [0, 0.05) is 38.0 Å². The molecule has 2 rings (SSSR count). The molecule has 1 fully saturated rings. The smallest absolute Gasteiger partial charge is 0.433 e. The maximum Gasteiger partial charge on any atom is 0.433 e. The summed E-state index contributed by atoms with van der Waals surface area (Å²) >= 11 is 0. The summed E-state index contributed by atoms with van der Waals surface area (Å²) in [5.74, 6) is -0.0990. The number of halogens is 3. The Morgan fingerprint density at radius 2 is 1.88 bits per heavy atom. The Bertz CT molecular complexity index is 636. The number of hydrogen-bond donors (Lipinski definition) is 1. The highest BCUT2D eigenvalue weighted by Crippen LogP contribution is 2.31. The number of carbonyl (C=O) groups is 1. The number of ether oxygens (including phenoxy) is 2. The Morgan fingerprint density at radius 1 is 1.27 bits per heavy atom. The molecule has 1 aliphatic heterocycles. The predicted molar refractivity (Wildman–Crippen MR) is 88.6 cm³/mol. The lowest BCUT2D eigenvalue weighted by molar-refractivity contribution is -0.141. The van der Waals surface area contributed by atoms with Crippen LogP contribution >= 0.6 is 0 Å². The molecule has 0 spiro atoms. The van der Waals surface area contributed by atoms with Crippen LogP contribution in [0.4, 0.5) is 18.0 Å². The topological polar surface area (TPSA) is 77.7 Å². The molecule has 0 saturated carbocycles. The maximum atomic E-state index is 12.9. The van der Waals surface area contributed by atoms with E-state index in [1.807, 2.05) is 0 Å². The number of piperidine rings is 1. The third-order valence-electron chi connectivity index (χ3n) is 3.82. The number of hydrogen-bond acceptors (Lipinski definition) is 5. The molecule has 6 nitrogen and oxygen atoms in total. The molecule has 0 unspecified atom stereocenters. The van der Waals surface area contributed by atoms with Gasteiger partial charge >= 0.3 is 12.3 Å². The first-order chi connectivity index (χ1) is 12.0. The van der Waals surface area contributed by atoms with Crippen LogP contribution in [0.5, 0.6) is 5.88 Å². The van der Waals surface area contributed by atoms with Gasteiger partial charge in [0.2, 0.25) is 5.88 Å². The van der Waals surface area contributed by atoms with Crippen molar-refractivity contribution in [1.29, 1.82) is 0 Å². The lowest BCUT2D eigenvalue weighted by Gasteiger charge is -2.33. The number of nitrogens with two attached hydrogens (primary N) is 1. The normalized spacial score (nSPS) is 16.5. The number of pyridine rings is 1. The van der Waals surface area contributed by atoms with Crippen LogP contribution in [-0.4, -0.2) is 40.8 Å². The van der Waals surface area contributed by atoms with E-state index in [-0.39, 0.29) is 18.5 Å². The number of likely N-dealkylation sites (tertiary alicyclic amines) is 1. The summed E-state index contributed by atoms with van der Waals surface area (Å²) < 4.78 is 49.5. The van der Waals surface area contributed by atoms with Crippen LogP contribution in [0.1, 0.15) is 44.9 Å². The van der Waals surface area contributed by atoms with Gasteiger partial charge in [-0.3, -0.25) is 0 Å². The summed E-state index contributed by atoms with van der Waals surface area (Å²) in [6.45, 7) is 6.18. The zero-order valence-corrected chi connectivity index (χ0v) is 15.1. The van der Waals surface area contributed by atoms with E-state index in [4.69, 9.17) is 15.2 Å². The van der Waals surface area contributed by atoms with Crippen LogP contribution in [0.3, 0.4) is 0 Å². The standard InChI is InChI=1S/C17H24F3N3O3/c1-16(2,3)26-15(24)23-8-6-12(7-9-23)25-14-11(10-21)4-5-13(22-14)17(18,19)20/h4-5,12H,6-10,21H2,1-3H3. The lowest BCUT2D eigenvalue weighted by Crippen LogP contribution is -2.44. The zero-order chi connectivity index (χ0) is 19.5. The summed E-state index contributed by atoms with van der Waals surface area (Å²) in [5, 5.41) is 0. The molecule has 0 bridgehead atoms. The van der Waals surface area contributed by atoms with Gasteiger partial charge in [0.15, 0.2) is 0 Å². The number of aromatic nitrogens is 1. The largest absolute Gasteiger partial charge is 0.474 e. The fraction of sp³-hybridized carbons (Fsp3) is 0.647. The Hall–Kier alpha value is -2.03. The van der Waals surface area contributed by atoms with E-state index in [0.29, 0.717) is 31.5 Å². The highest BCUT2D eigenvalue weighted by atomic mass is 19.4. The van der Waals surface area contributed by atoms with Gasteiger partial charge in [-0.25, -0.2) is 9.78 Å². The second-order valence-corrected chi connectivity index (χ2v) is 7.15. The monoisotopic (exact) mass is 375 g/mol. The predicted octanol–water partition coefficient (Wildman–Crippen LogP) is 3.34. The third-order valence-corrected chi connectivity index (χ3v) is 3.82. The van der Waals surface area contributed by atoms with Crippen molar-refractivity contribution in [2.24, 2.45) is 5.73 Å². The molecule has 0 aliphatic carbocycles. The summed E-state index contributed by atoms with van der Waals surface area (Å²) in [4.78, 5) is 17.2. The SMILES string of the molecule is CC(C)(C)OC(=O)N1CCC(Oc2nc(C(F)(F)F)ccc2CN)CC1. The Morgan fingerprint density at radius 3 is 2.38 bits per heavy atom. The van der Waals surface area contributed by atoms with Crippen LogP contribution in [0.15, 0.2) is 12.1 Å². The Kier molecular flexibility index (Phi) is 6.00. The van der Waals surface area contributed by atoms with Crippen molar-refractivity contribution in [1.82, 2.24) is 9.88 Å². The molecule has 9 heteroatoms. The zero-order valence-electron chi connectivity index (χ0n) is 15.1. The molecular formula is C17H24F3N3O3. The minimum atomic E-state index is -4.55. The average Bonchev–Trinajstić information content (AvgIpc) is 2.53. The van der Waals surface area contributed by atoms with Gasteiger partial charge in [-0.15, -0.1) is 0 Å². The van der Waals surface area contributed by atoms with Crippen molar-refractivity contribution in [2.45, 2.75) is 58.0 Å². The molecule has 1 aliphatic rings. The fourth-order valence-electron chi connectivity index (χ4n) is 2.53. The Labute approximate surface area is 150 Å². The molecule has 0 radical (unpaired) electrons. The van der Waals surface area contributed by atoms with Crippen LogP contribution < -0.4 is 10.5 Å². The Balaban J connectivity index is 2.00. The summed E-state index contributed by atoms with van der Waals surface area (Å²) in [5.41, 5.74) is 4.38. The average molecular weight is 375 g/mol. The minimum Gasteiger partial charge on any atom is -0.474 e. The fourth-order valence-corrected chi connectivity index (χ4v) is 2.53. The van der Waals surface area contributed by atoms with Crippen molar-refractivity contribution < 1.29 is 27.4 Å². The summed E-state index contributed by atoms with van der Waals surface area (Å²) in [7, 11) is 0. The van der Waals surface area contributed by atoms with Gasteiger partial charge < -0.3 is 20.1 Å². The van der Waals surface area contributed by atoms with Gasteiger partial charge in [-0.2, -0.15) is 13.2 Å². The molecule has 0 atom stereocenters. The first kappa shape index (κ1) is 20.3. The highest BCUT2D eigenvalue weighted by Gasteiger charge is 2.34. The van der Waals surface area contributed by atoms with E-state index >= 15 is 0 Å². The van der Waals surface area contributed by atoms with Crippen LogP contribution in [-0.2, 0) is 17.5 Å². The molecular weight excluding hydrogens is 351 g/mol. The van der Waals surface area contributed by atoms with Gasteiger partial charge in [0.1, 0.15) is 17.4 Å². The van der Waals surface area contributed by atoms with E-state index in [1.165, 1.54) is 6.07 Å². The molecule has 2 heterocycles. The van der Waals surface area contributed by atoms with Crippen LogP contribution in [0.2, 0.25) is 0 Å². The summed E-state index contributed by atoms with van der Waals surface area (Å²) in [6, 6.07) is 2.17. The molecule has 2 N–H and O–H groups in total. The third kappa shape index (κ3) is 5.48. The number of alkyl halides is 3. The molecule has 26 heavy (non-hydrogen) atoms. The molecule has 1 aromatic heterocycles. The van der Waals surface area contributed by atoms with Crippen molar-refractivity contribution in [3.63, 3.8) is 0 Å². The van der Waals surface area contributed by atoms with Crippen molar-refractivity contribution >= 4 is 6.09 Å². The number of rotatable bonds is 3. The van der Waals surface area contributed by atoms with Gasteiger partial charge in [0.05, 0.1) is 0 Å². The first-order valence-corrected chi connectivity index (χ1v) is 8.41. The quantitative estimate of drug-likeness (QED) is 0.877. The second kappa shape index (κ2) is 7.69. The van der Waals surface area contributed by atoms with Gasteiger partial charge in [0.25, 0.3) is 0 Å². The molecule has 146 valence electrons. The van der Waals surface area contributed by atoms with Crippen molar-refractivity contribution in [3.05, 3.63) is 23.4 Å². The van der Waals surface area contributed by atoms with E-state index in [0.717, 1.165) is 6.07 Å². The highest BCUT2D eigenvalue weighted by molar-refractivity contribution is 5.68. The van der Waals surface area contributed by atoms with E-state index in [2.05, 4.69) is 4.98 Å².